The van der Waals surface area contributed by atoms with Crippen molar-refractivity contribution in [1.29, 1.82) is 0 Å². The molecule has 0 heterocycles. The molecule has 1 aliphatic rings. The van der Waals surface area contributed by atoms with Gasteiger partial charge in [-0.3, -0.25) is 0 Å². The fourth-order valence-electron chi connectivity index (χ4n) is 4.82. The molecule has 3 aromatic carbocycles. The summed E-state index contributed by atoms with van der Waals surface area (Å²) < 4.78 is 25.5. The molecule has 5 heteroatoms. The summed E-state index contributed by atoms with van der Waals surface area (Å²) in [5, 5.41) is 0. The van der Waals surface area contributed by atoms with Crippen LogP contribution >= 0.6 is 0 Å². The van der Waals surface area contributed by atoms with E-state index in [9.17, 15) is 9.59 Å². The van der Waals surface area contributed by atoms with Crippen molar-refractivity contribution >= 4 is 11.9 Å². The van der Waals surface area contributed by atoms with E-state index in [4.69, 9.17) is 9.47 Å². The van der Waals surface area contributed by atoms with Crippen molar-refractivity contribution in [3.8, 4) is 22.6 Å². The van der Waals surface area contributed by atoms with Gasteiger partial charge in [-0.1, -0.05) is 49.6 Å². The molecular formula is C33H33FO4. The number of ether oxygens (including phenoxy) is 2. The van der Waals surface area contributed by atoms with Gasteiger partial charge < -0.3 is 9.47 Å². The van der Waals surface area contributed by atoms with Crippen molar-refractivity contribution in [3.63, 3.8) is 0 Å². The molecule has 0 N–H and O–H groups in total. The minimum absolute atomic E-state index is 0.192. The lowest BCUT2D eigenvalue weighted by Gasteiger charge is -2.29. The van der Waals surface area contributed by atoms with E-state index in [2.05, 4.69) is 13.2 Å². The molecule has 4 rings (SSSR count). The molecule has 0 amide bonds. The summed E-state index contributed by atoms with van der Waals surface area (Å²) in [6, 6.07) is 20.2. The minimum Gasteiger partial charge on any atom is -0.423 e. The van der Waals surface area contributed by atoms with Gasteiger partial charge >= 0.3 is 11.9 Å². The normalized spacial score (nSPS) is 16.9. The van der Waals surface area contributed by atoms with Crippen LogP contribution in [0.1, 0.15) is 56.6 Å². The highest BCUT2D eigenvalue weighted by Crippen LogP contribution is 2.38. The quantitative estimate of drug-likeness (QED) is 0.174. The van der Waals surface area contributed by atoms with E-state index < -0.39 is 11.9 Å². The van der Waals surface area contributed by atoms with Crippen LogP contribution in [0.25, 0.3) is 11.1 Å². The van der Waals surface area contributed by atoms with E-state index in [-0.39, 0.29) is 5.82 Å². The van der Waals surface area contributed by atoms with Crippen LogP contribution in [0.5, 0.6) is 11.5 Å². The van der Waals surface area contributed by atoms with Crippen LogP contribution in [-0.2, 0) is 16.0 Å². The Morgan fingerprint density at radius 3 is 1.76 bits per heavy atom. The highest BCUT2D eigenvalue weighted by molar-refractivity contribution is 5.89. The summed E-state index contributed by atoms with van der Waals surface area (Å²) in [5.74, 6) is 0.779. The second kappa shape index (κ2) is 12.0. The topological polar surface area (TPSA) is 52.6 Å². The fourth-order valence-corrected chi connectivity index (χ4v) is 4.82. The van der Waals surface area contributed by atoms with E-state index in [1.54, 1.807) is 32.0 Å². The molecule has 3 aromatic rings. The number of halogens is 1. The Hall–Kier alpha value is -3.99. The first-order valence-corrected chi connectivity index (χ1v) is 12.9. The van der Waals surface area contributed by atoms with E-state index in [1.165, 1.54) is 5.56 Å². The van der Waals surface area contributed by atoms with Gasteiger partial charge in [0.2, 0.25) is 0 Å². The molecule has 0 atom stereocenters. The number of esters is 2. The maximum Gasteiger partial charge on any atom is 0.338 e. The number of rotatable bonds is 8. The molecule has 196 valence electrons. The van der Waals surface area contributed by atoms with Crippen molar-refractivity contribution in [3.05, 3.63) is 108 Å². The summed E-state index contributed by atoms with van der Waals surface area (Å²) in [6.07, 6.45) is 4.92. The number of hydrogen-bond acceptors (Lipinski definition) is 4. The fraction of sp³-hybridized carbons (Fsp3) is 0.273. The zero-order valence-electron chi connectivity index (χ0n) is 22.0. The summed E-state index contributed by atoms with van der Waals surface area (Å²) in [5.41, 5.74) is 4.33. The summed E-state index contributed by atoms with van der Waals surface area (Å²) >= 11 is 0. The van der Waals surface area contributed by atoms with Crippen molar-refractivity contribution < 1.29 is 23.5 Å². The zero-order valence-corrected chi connectivity index (χ0v) is 22.0. The number of carbonyl (C=O) groups is 2. The standard InChI is InChI=1S/C33H33FO4/c1-21(2)32(35)37-29-15-11-25(12-16-29)24-7-5-23(6-8-24)19-28-10-9-27(20-31(28)34)26-13-17-30(18-14-26)38-33(36)22(3)4/h9-18,20,23-24H,1,3,5-8,19H2,2,4H3. The smallest absolute Gasteiger partial charge is 0.338 e. The van der Waals surface area contributed by atoms with Gasteiger partial charge in [0.15, 0.2) is 0 Å². The van der Waals surface area contributed by atoms with Crippen molar-refractivity contribution in [2.75, 3.05) is 0 Å². The average molecular weight is 513 g/mol. The lowest BCUT2D eigenvalue weighted by Crippen LogP contribution is -2.16. The molecule has 0 radical (unpaired) electrons. The second-order valence-electron chi connectivity index (χ2n) is 10.2. The lowest BCUT2D eigenvalue weighted by atomic mass is 9.76. The first-order valence-electron chi connectivity index (χ1n) is 12.9. The molecule has 0 saturated heterocycles. The van der Waals surface area contributed by atoms with Gasteiger partial charge in [-0.25, -0.2) is 14.0 Å². The third-order valence-corrected chi connectivity index (χ3v) is 7.07. The first-order chi connectivity index (χ1) is 18.2. The van der Waals surface area contributed by atoms with Gasteiger partial charge in [-0.2, -0.15) is 0 Å². The van der Waals surface area contributed by atoms with E-state index in [0.29, 0.717) is 34.5 Å². The average Bonchev–Trinajstić information content (AvgIpc) is 2.91. The second-order valence-corrected chi connectivity index (χ2v) is 10.2. The molecule has 0 spiro atoms. The van der Waals surface area contributed by atoms with E-state index >= 15 is 4.39 Å². The van der Waals surface area contributed by atoms with Crippen LogP contribution in [0, 0.1) is 11.7 Å². The SMILES string of the molecule is C=C(C)C(=O)Oc1ccc(-c2ccc(CC3CCC(c4ccc(OC(=O)C(=C)C)cc4)CC3)c(F)c2)cc1. The molecule has 1 aliphatic carbocycles. The highest BCUT2D eigenvalue weighted by atomic mass is 19.1. The van der Waals surface area contributed by atoms with Gasteiger partial charge in [-0.05, 0) is 110 Å². The molecule has 0 aromatic heterocycles. The molecule has 4 nitrogen and oxygen atoms in total. The predicted octanol–water partition coefficient (Wildman–Crippen LogP) is 7.97. The van der Waals surface area contributed by atoms with Gasteiger partial charge in [0.25, 0.3) is 0 Å². The van der Waals surface area contributed by atoms with Gasteiger partial charge in [-0.15, -0.1) is 0 Å². The molecule has 0 bridgehead atoms. The molecule has 0 unspecified atom stereocenters. The molecule has 1 saturated carbocycles. The Balaban J connectivity index is 1.31. The monoisotopic (exact) mass is 512 g/mol. The number of benzene rings is 3. The Labute approximate surface area is 223 Å². The first kappa shape index (κ1) is 27.1. The Bertz CT molecular complexity index is 1330. The van der Waals surface area contributed by atoms with Crippen molar-refractivity contribution in [1.82, 2.24) is 0 Å². The third-order valence-electron chi connectivity index (χ3n) is 7.07. The third kappa shape index (κ3) is 6.86. The summed E-state index contributed by atoms with van der Waals surface area (Å²) in [6.45, 7) is 10.4. The molecule has 38 heavy (non-hydrogen) atoms. The summed E-state index contributed by atoms with van der Waals surface area (Å²) in [7, 11) is 0. The summed E-state index contributed by atoms with van der Waals surface area (Å²) in [4.78, 5) is 23.4. The van der Waals surface area contributed by atoms with Crippen LogP contribution in [0.15, 0.2) is 91.0 Å². The lowest BCUT2D eigenvalue weighted by molar-refractivity contribution is -0.130. The molecule has 0 aliphatic heterocycles. The largest absolute Gasteiger partial charge is 0.423 e. The highest BCUT2D eigenvalue weighted by Gasteiger charge is 2.23. The maximum atomic E-state index is 15.0. The molecular weight excluding hydrogens is 479 g/mol. The zero-order chi connectivity index (χ0) is 27.2. The van der Waals surface area contributed by atoms with Crippen LogP contribution < -0.4 is 9.47 Å². The van der Waals surface area contributed by atoms with Gasteiger partial charge in [0, 0.05) is 11.1 Å². The molecule has 1 fully saturated rings. The number of hydrogen-bond donors (Lipinski definition) is 0. The predicted molar refractivity (Wildman–Crippen MR) is 148 cm³/mol. The maximum absolute atomic E-state index is 15.0. The van der Waals surface area contributed by atoms with E-state index in [0.717, 1.165) is 48.8 Å². The van der Waals surface area contributed by atoms with Crippen LogP contribution in [0.4, 0.5) is 4.39 Å². The minimum atomic E-state index is -0.471. The Morgan fingerprint density at radius 2 is 1.26 bits per heavy atom. The Morgan fingerprint density at radius 1 is 0.763 bits per heavy atom. The van der Waals surface area contributed by atoms with Crippen molar-refractivity contribution in [2.45, 2.75) is 51.9 Å². The van der Waals surface area contributed by atoms with Crippen LogP contribution in [-0.4, -0.2) is 11.9 Å². The van der Waals surface area contributed by atoms with Crippen LogP contribution in [0.2, 0.25) is 0 Å². The van der Waals surface area contributed by atoms with Gasteiger partial charge in [0.05, 0.1) is 0 Å². The van der Waals surface area contributed by atoms with Crippen LogP contribution in [0.3, 0.4) is 0 Å². The van der Waals surface area contributed by atoms with Gasteiger partial charge in [0.1, 0.15) is 17.3 Å². The van der Waals surface area contributed by atoms with Crippen molar-refractivity contribution in [2.24, 2.45) is 5.92 Å². The Kier molecular flexibility index (Phi) is 8.57. The van der Waals surface area contributed by atoms with E-state index in [1.807, 2.05) is 48.5 Å². The number of carbonyl (C=O) groups excluding carboxylic acids is 2.